The van der Waals surface area contributed by atoms with Crippen molar-refractivity contribution in [3.05, 3.63) is 29.8 Å². The first kappa shape index (κ1) is 10.7. The molecular weight excluding hydrogens is 180 g/mol. The average Bonchev–Trinajstić information content (AvgIpc) is 2.15. The molecule has 0 bridgehead atoms. The van der Waals surface area contributed by atoms with Gasteiger partial charge in [-0.2, -0.15) is 0 Å². The van der Waals surface area contributed by atoms with E-state index >= 15 is 0 Å². The van der Waals surface area contributed by atoms with E-state index in [1.54, 1.807) is 23.7 Å². The molecule has 0 atom stereocenters. The molecule has 4 heteroatoms. The van der Waals surface area contributed by atoms with Crippen molar-refractivity contribution in [2.75, 3.05) is 21.1 Å². The van der Waals surface area contributed by atoms with Crippen LogP contribution in [-0.4, -0.2) is 32.3 Å². The van der Waals surface area contributed by atoms with E-state index in [1.807, 2.05) is 27.2 Å². The lowest BCUT2D eigenvalue weighted by Crippen LogP contribution is -2.35. The van der Waals surface area contributed by atoms with Crippen molar-refractivity contribution < 1.29 is 10.0 Å². The molecule has 0 saturated carbocycles. The van der Waals surface area contributed by atoms with Crippen LogP contribution in [0, 0.1) is 0 Å². The van der Waals surface area contributed by atoms with Crippen molar-refractivity contribution >= 4 is 11.6 Å². The third-order valence-corrected chi connectivity index (χ3v) is 1.98. The molecule has 1 aromatic carbocycles. The summed E-state index contributed by atoms with van der Waals surface area (Å²) in [4.78, 5) is 11.1. The number of nitrogens with one attached hydrogen (secondary N) is 1. The molecule has 1 amide bonds. The molecule has 1 rings (SSSR count). The SMILES string of the molecule is C[N+](C)(C)c1cccc(C(=O)NO)c1. The number of carbonyl (C=O) groups is 1. The minimum Gasteiger partial charge on any atom is -0.298 e. The number of rotatable bonds is 2. The van der Waals surface area contributed by atoms with Gasteiger partial charge in [0.2, 0.25) is 0 Å². The fourth-order valence-corrected chi connectivity index (χ4v) is 1.13. The Labute approximate surface area is 83.3 Å². The zero-order chi connectivity index (χ0) is 10.8. The molecule has 0 aliphatic rings. The lowest BCUT2D eigenvalue weighted by molar-refractivity contribution is 0.0706. The summed E-state index contributed by atoms with van der Waals surface area (Å²) in [5.41, 5.74) is 3.08. The summed E-state index contributed by atoms with van der Waals surface area (Å²) in [6, 6.07) is 7.15. The van der Waals surface area contributed by atoms with Crippen LogP contribution in [0.2, 0.25) is 0 Å². The Morgan fingerprint density at radius 3 is 2.50 bits per heavy atom. The first-order valence-corrected chi connectivity index (χ1v) is 4.31. The van der Waals surface area contributed by atoms with E-state index in [9.17, 15) is 4.79 Å². The van der Waals surface area contributed by atoms with Crippen LogP contribution in [0.5, 0.6) is 0 Å². The van der Waals surface area contributed by atoms with Crippen LogP contribution in [0.3, 0.4) is 0 Å². The largest absolute Gasteiger partial charge is 0.298 e. The lowest BCUT2D eigenvalue weighted by Gasteiger charge is -2.23. The van der Waals surface area contributed by atoms with E-state index in [0.29, 0.717) is 10.0 Å². The highest BCUT2D eigenvalue weighted by molar-refractivity contribution is 5.94. The highest BCUT2D eigenvalue weighted by Crippen LogP contribution is 2.17. The Hall–Kier alpha value is -1.39. The van der Waals surface area contributed by atoms with Gasteiger partial charge in [0, 0.05) is 11.6 Å². The Morgan fingerprint density at radius 1 is 1.36 bits per heavy atom. The number of amides is 1. The molecule has 14 heavy (non-hydrogen) atoms. The summed E-state index contributed by atoms with van der Waals surface area (Å²) < 4.78 is 0.631. The maximum Gasteiger partial charge on any atom is 0.274 e. The van der Waals surface area contributed by atoms with Crippen LogP contribution in [0.15, 0.2) is 24.3 Å². The Kier molecular flexibility index (Phi) is 2.88. The zero-order valence-corrected chi connectivity index (χ0v) is 8.61. The van der Waals surface area contributed by atoms with Gasteiger partial charge < -0.3 is 0 Å². The van der Waals surface area contributed by atoms with Gasteiger partial charge in [0.15, 0.2) is 0 Å². The van der Waals surface area contributed by atoms with E-state index < -0.39 is 5.91 Å². The van der Waals surface area contributed by atoms with Crippen LogP contribution >= 0.6 is 0 Å². The number of hydrogen-bond acceptors (Lipinski definition) is 2. The highest BCUT2D eigenvalue weighted by atomic mass is 16.5. The number of nitrogens with zero attached hydrogens (tertiary/aromatic N) is 1. The highest BCUT2D eigenvalue weighted by Gasteiger charge is 2.14. The predicted octanol–water partition coefficient (Wildman–Crippen LogP) is 1.00. The average molecular weight is 195 g/mol. The minimum atomic E-state index is -0.486. The number of quaternary nitrogens is 1. The van der Waals surface area contributed by atoms with Crippen molar-refractivity contribution in [2.45, 2.75) is 0 Å². The van der Waals surface area contributed by atoms with Crippen molar-refractivity contribution in [3.63, 3.8) is 0 Å². The van der Waals surface area contributed by atoms with Crippen molar-refractivity contribution in [1.82, 2.24) is 9.96 Å². The molecule has 0 aliphatic heterocycles. The topological polar surface area (TPSA) is 49.3 Å². The van der Waals surface area contributed by atoms with Crippen LogP contribution in [0.4, 0.5) is 5.69 Å². The Morgan fingerprint density at radius 2 is 2.00 bits per heavy atom. The maximum atomic E-state index is 11.1. The standard InChI is InChI=1S/C10H14N2O2/c1-12(2,3)9-6-4-5-8(7-9)10(13)11-14/h4-7H,1-3H3,(H-,11,13,14)/p+1. The second kappa shape index (κ2) is 3.77. The third-order valence-electron chi connectivity index (χ3n) is 1.98. The third kappa shape index (κ3) is 2.31. The smallest absolute Gasteiger partial charge is 0.274 e. The van der Waals surface area contributed by atoms with Gasteiger partial charge in [0.05, 0.1) is 21.1 Å². The zero-order valence-electron chi connectivity index (χ0n) is 8.61. The van der Waals surface area contributed by atoms with E-state index in [4.69, 9.17) is 5.21 Å². The van der Waals surface area contributed by atoms with Crippen molar-refractivity contribution in [2.24, 2.45) is 0 Å². The fourth-order valence-electron chi connectivity index (χ4n) is 1.13. The first-order chi connectivity index (χ1) is 6.45. The Balaban J connectivity index is 3.08. The molecular formula is C10H15N2O2+. The summed E-state index contributed by atoms with van der Waals surface area (Å²) in [5.74, 6) is -0.486. The van der Waals surface area contributed by atoms with Gasteiger partial charge >= 0.3 is 0 Å². The molecule has 0 spiro atoms. The van der Waals surface area contributed by atoms with Gasteiger partial charge in [-0.1, -0.05) is 6.07 Å². The minimum absolute atomic E-state index is 0.457. The normalized spacial score (nSPS) is 11.1. The van der Waals surface area contributed by atoms with Crippen molar-refractivity contribution in [1.29, 1.82) is 0 Å². The number of hydrogen-bond donors (Lipinski definition) is 2. The summed E-state index contributed by atoms with van der Waals surface area (Å²) in [5, 5.41) is 8.48. The number of carbonyl (C=O) groups excluding carboxylic acids is 1. The summed E-state index contributed by atoms with van der Waals surface area (Å²) >= 11 is 0. The van der Waals surface area contributed by atoms with E-state index in [0.717, 1.165) is 5.69 Å². The van der Waals surface area contributed by atoms with Crippen LogP contribution in [0.1, 0.15) is 10.4 Å². The van der Waals surface area contributed by atoms with Gasteiger partial charge in [-0.25, -0.2) is 5.48 Å². The Bertz CT molecular complexity index is 342. The first-order valence-electron chi connectivity index (χ1n) is 4.31. The molecule has 0 unspecified atom stereocenters. The van der Waals surface area contributed by atoms with Gasteiger partial charge in [-0.15, -0.1) is 0 Å². The quantitative estimate of drug-likeness (QED) is 0.420. The summed E-state index contributed by atoms with van der Waals surface area (Å²) in [6.45, 7) is 0. The molecule has 0 saturated heterocycles. The lowest BCUT2D eigenvalue weighted by atomic mass is 10.1. The number of benzene rings is 1. The second-order valence-corrected chi connectivity index (χ2v) is 4.00. The van der Waals surface area contributed by atoms with Crippen LogP contribution in [-0.2, 0) is 0 Å². The molecule has 0 radical (unpaired) electrons. The molecule has 0 aliphatic carbocycles. The summed E-state index contributed by atoms with van der Waals surface area (Å²) in [6.07, 6.45) is 0. The fraction of sp³-hybridized carbons (Fsp3) is 0.300. The molecule has 4 nitrogen and oxygen atoms in total. The summed E-state index contributed by atoms with van der Waals surface area (Å²) in [7, 11) is 6.03. The monoisotopic (exact) mass is 195 g/mol. The molecule has 2 N–H and O–H groups in total. The molecule has 0 fully saturated rings. The van der Waals surface area contributed by atoms with E-state index in [-0.39, 0.29) is 0 Å². The van der Waals surface area contributed by atoms with Gasteiger partial charge in [0.1, 0.15) is 5.69 Å². The van der Waals surface area contributed by atoms with Gasteiger partial charge in [-0.3, -0.25) is 14.5 Å². The molecule has 76 valence electrons. The predicted molar refractivity (Wildman–Crippen MR) is 55.3 cm³/mol. The van der Waals surface area contributed by atoms with Crippen molar-refractivity contribution in [3.8, 4) is 0 Å². The molecule has 0 aromatic heterocycles. The number of hydroxylamine groups is 1. The van der Waals surface area contributed by atoms with E-state index in [1.165, 1.54) is 0 Å². The van der Waals surface area contributed by atoms with Crippen LogP contribution < -0.4 is 9.96 Å². The van der Waals surface area contributed by atoms with Gasteiger partial charge in [-0.05, 0) is 12.1 Å². The molecule has 0 heterocycles. The van der Waals surface area contributed by atoms with Gasteiger partial charge in [0.25, 0.3) is 5.91 Å². The van der Waals surface area contributed by atoms with E-state index in [2.05, 4.69) is 0 Å². The van der Waals surface area contributed by atoms with Crippen LogP contribution in [0.25, 0.3) is 0 Å². The second-order valence-electron chi connectivity index (χ2n) is 4.00. The maximum absolute atomic E-state index is 11.1. The molecule has 1 aromatic rings.